The summed E-state index contributed by atoms with van der Waals surface area (Å²) < 4.78 is 5.76. The summed E-state index contributed by atoms with van der Waals surface area (Å²) in [6.07, 6.45) is -0.0220. The molecule has 1 N–H and O–H groups in total. The van der Waals surface area contributed by atoms with Gasteiger partial charge in [0.1, 0.15) is 11.9 Å². The molecule has 0 aliphatic carbocycles. The number of rotatable bonds is 5. The maximum Gasteiger partial charge on any atom is 0.119 e. The number of nitrogens with one attached hydrogen (secondary N) is 1. The van der Waals surface area contributed by atoms with Gasteiger partial charge in [-0.2, -0.15) is 0 Å². The van der Waals surface area contributed by atoms with Crippen LogP contribution in [0.1, 0.15) is 6.92 Å². The molecule has 5 heteroatoms. The molecule has 1 atom stereocenters. The van der Waals surface area contributed by atoms with E-state index in [4.69, 9.17) is 39.5 Å². The van der Waals surface area contributed by atoms with Gasteiger partial charge in [0.2, 0.25) is 0 Å². The zero-order valence-electron chi connectivity index (χ0n) is 10.9. The number of anilines is 1. The first kappa shape index (κ1) is 15.3. The summed E-state index contributed by atoms with van der Waals surface area (Å²) >= 11 is 17.9. The number of halogens is 3. The van der Waals surface area contributed by atoms with E-state index >= 15 is 0 Å². The van der Waals surface area contributed by atoms with Crippen molar-refractivity contribution >= 4 is 40.5 Å². The average Bonchev–Trinajstić information content (AvgIpc) is 2.43. The van der Waals surface area contributed by atoms with Crippen LogP contribution in [0.15, 0.2) is 42.5 Å². The van der Waals surface area contributed by atoms with Crippen molar-refractivity contribution in [3.63, 3.8) is 0 Å². The van der Waals surface area contributed by atoms with Gasteiger partial charge < -0.3 is 10.1 Å². The summed E-state index contributed by atoms with van der Waals surface area (Å²) in [7, 11) is 0. The van der Waals surface area contributed by atoms with Gasteiger partial charge in [0.05, 0.1) is 22.3 Å². The van der Waals surface area contributed by atoms with Gasteiger partial charge in [-0.1, -0.05) is 40.9 Å². The summed E-state index contributed by atoms with van der Waals surface area (Å²) in [6, 6.07) is 12.7. The first-order valence-electron chi connectivity index (χ1n) is 6.16. The monoisotopic (exact) mass is 329 g/mol. The van der Waals surface area contributed by atoms with E-state index in [0.717, 1.165) is 11.4 Å². The molecule has 2 aromatic rings. The molecular formula is C15H14Cl3NO. The second-order valence-electron chi connectivity index (χ2n) is 4.36. The molecule has 0 heterocycles. The molecular weight excluding hydrogens is 317 g/mol. The van der Waals surface area contributed by atoms with Crippen molar-refractivity contribution in [3.8, 4) is 5.75 Å². The van der Waals surface area contributed by atoms with Gasteiger partial charge in [0.15, 0.2) is 0 Å². The van der Waals surface area contributed by atoms with Crippen LogP contribution in [-0.2, 0) is 0 Å². The second kappa shape index (κ2) is 7.07. The van der Waals surface area contributed by atoms with Crippen LogP contribution in [-0.4, -0.2) is 12.6 Å². The fraction of sp³-hybridized carbons (Fsp3) is 0.200. The molecule has 106 valence electrons. The number of benzene rings is 2. The van der Waals surface area contributed by atoms with E-state index in [1.54, 1.807) is 18.2 Å². The zero-order chi connectivity index (χ0) is 14.5. The number of ether oxygens (including phenoxy) is 1. The molecule has 0 fully saturated rings. The molecule has 0 aromatic heterocycles. The minimum Gasteiger partial charge on any atom is -0.489 e. The lowest BCUT2D eigenvalue weighted by Gasteiger charge is -2.17. The Bertz CT molecular complexity index is 572. The maximum absolute atomic E-state index is 6.10. The Balaban J connectivity index is 1.90. The van der Waals surface area contributed by atoms with E-state index in [-0.39, 0.29) is 6.10 Å². The van der Waals surface area contributed by atoms with Crippen LogP contribution < -0.4 is 10.1 Å². The van der Waals surface area contributed by atoms with Crippen molar-refractivity contribution in [2.45, 2.75) is 13.0 Å². The lowest BCUT2D eigenvalue weighted by atomic mass is 10.3. The third kappa shape index (κ3) is 4.20. The molecule has 0 spiro atoms. The first-order valence-corrected chi connectivity index (χ1v) is 7.30. The molecule has 2 nitrogen and oxygen atoms in total. The molecule has 0 saturated carbocycles. The minimum atomic E-state index is -0.0220. The van der Waals surface area contributed by atoms with Gasteiger partial charge in [-0.05, 0) is 43.3 Å². The molecule has 0 amide bonds. The molecule has 0 radical (unpaired) electrons. The van der Waals surface area contributed by atoms with Gasteiger partial charge in [-0.25, -0.2) is 0 Å². The SMILES string of the molecule is CC(CNc1cccc(Cl)c1Cl)Oc1ccc(Cl)cc1. The third-order valence-electron chi connectivity index (χ3n) is 2.68. The van der Waals surface area contributed by atoms with Crippen molar-refractivity contribution < 1.29 is 4.74 Å². The van der Waals surface area contributed by atoms with Crippen molar-refractivity contribution in [1.82, 2.24) is 0 Å². The Morgan fingerprint density at radius 3 is 2.45 bits per heavy atom. The van der Waals surface area contributed by atoms with E-state index in [1.165, 1.54) is 0 Å². The van der Waals surface area contributed by atoms with Gasteiger partial charge in [0.25, 0.3) is 0 Å². The highest BCUT2D eigenvalue weighted by molar-refractivity contribution is 6.43. The molecule has 2 aromatic carbocycles. The summed E-state index contributed by atoms with van der Waals surface area (Å²) in [5.41, 5.74) is 0.797. The lowest BCUT2D eigenvalue weighted by Crippen LogP contribution is -2.22. The highest BCUT2D eigenvalue weighted by Crippen LogP contribution is 2.29. The minimum absolute atomic E-state index is 0.0220. The van der Waals surface area contributed by atoms with Crippen LogP contribution in [0.3, 0.4) is 0 Å². The van der Waals surface area contributed by atoms with Crippen LogP contribution in [0.2, 0.25) is 15.1 Å². The van der Waals surface area contributed by atoms with Gasteiger partial charge >= 0.3 is 0 Å². The van der Waals surface area contributed by atoms with Crippen molar-refractivity contribution in [3.05, 3.63) is 57.5 Å². The third-order valence-corrected chi connectivity index (χ3v) is 3.75. The number of hydrogen-bond donors (Lipinski definition) is 1. The van der Waals surface area contributed by atoms with E-state index in [1.807, 2.05) is 31.2 Å². The van der Waals surface area contributed by atoms with Crippen LogP contribution in [0, 0.1) is 0 Å². The lowest BCUT2D eigenvalue weighted by molar-refractivity contribution is 0.235. The van der Waals surface area contributed by atoms with E-state index in [9.17, 15) is 0 Å². The Morgan fingerprint density at radius 2 is 1.75 bits per heavy atom. The Kier molecular flexibility index (Phi) is 5.41. The molecule has 0 saturated heterocycles. The highest BCUT2D eigenvalue weighted by atomic mass is 35.5. The highest BCUT2D eigenvalue weighted by Gasteiger charge is 2.07. The zero-order valence-corrected chi connectivity index (χ0v) is 13.1. The summed E-state index contributed by atoms with van der Waals surface area (Å²) in [6.45, 7) is 2.59. The van der Waals surface area contributed by atoms with Crippen LogP contribution in [0.5, 0.6) is 5.75 Å². The molecule has 0 bridgehead atoms. The standard InChI is InChI=1S/C15H14Cl3NO/c1-10(20-12-7-5-11(16)6-8-12)9-19-14-4-2-3-13(17)15(14)18/h2-8,10,19H,9H2,1H3. The van der Waals surface area contributed by atoms with Gasteiger partial charge in [-0.3, -0.25) is 0 Å². The first-order chi connectivity index (χ1) is 9.56. The van der Waals surface area contributed by atoms with Crippen molar-refractivity contribution in [2.24, 2.45) is 0 Å². The van der Waals surface area contributed by atoms with E-state index < -0.39 is 0 Å². The van der Waals surface area contributed by atoms with E-state index in [2.05, 4.69) is 5.32 Å². The smallest absolute Gasteiger partial charge is 0.119 e. The maximum atomic E-state index is 6.10. The predicted octanol–water partition coefficient (Wildman–Crippen LogP) is 5.53. The number of hydrogen-bond acceptors (Lipinski definition) is 2. The van der Waals surface area contributed by atoms with Crippen LogP contribution in [0.4, 0.5) is 5.69 Å². The van der Waals surface area contributed by atoms with Crippen LogP contribution in [0.25, 0.3) is 0 Å². The Labute approximate surface area is 133 Å². The Morgan fingerprint density at radius 1 is 1.05 bits per heavy atom. The average molecular weight is 331 g/mol. The van der Waals surface area contributed by atoms with Crippen molar-refractivity contribution in [2.75, 3.05) is 11.9 Å². The Hall–Kier alpha value is -1.09. The van der Waals surface area contributed by atoms with E-state index in [0.29, 0.717) is 21.6 Å². The summed E-state index contributed by atoms with van der Waals surface area (Å²) in [4.78, 5) is 0. The molecule has 20 heavy (non-hydrogen) atoms. The quantitative estimate of drug-likeness (QED) is 0.778. The topological polar surface area (TPSA) is 21.3 Å². The largest absolute Gasteiger partial charge is 0.489 e. The molecule has 0 aliphatic rings. The predicted molar refractivity (Wildman–Crippen MR) is 86.5 cm³/mol. The van der Waals surface area contributed by atoms with Crippen molar-refractivity contribution in [1.29, 1.82) is 0 Å². The molecule has 0 aliphatic heterocycles. The molecule has 1 unspecified atom stereocenters. The normalized spacial score (nSPS) is 12.0. The van der Waals surface area contributed by atoms with Gasteiger partial charge in [-0.15, -0.1) is 0 Å². The fourth-order valence-corrected chi connectivity index (χ4v) is 2.17. The van der Waals surface area contributed by atoms with Crippen LogP contribution >= 0.6 is 34.8 Å². The molecule has 2 rings (SSSR count). The van der Waals surface area contributed by atoms with Gasteiger partial charge in [0, 0.05) is 5.02 Å². The fourth-order valence-electron chi connectivity index (χ4n) is 1.68. The second-order valence-corrected chi connectivity index (χ2v) is 5.59. The summed E-state index contributed by atoms with van der Waals surface area (Å²) in [5, 5.41) is 4.96. The summed E-state index contributed by atoms with van der Waals surface area (Å²) in [5.74, 6) is 0.779.